The van der Waals surface area contributed by atoms with E-state index in [1.165, 1.54) is 6.08 Å². The van der Waals surface area contributed by atoms with Crippen LogP contribution in [-0.4, -0.2) is 54.1 Å². The molecule has 0 radical (unpaired) electrons. The van der Waals surface area contributed by atoms with Crippen LogP contribution in [0.3, 0.4) is 0 Å². The molecule has 4 atom stereocenters. The van der Waals surface area contributed by atoms with Gasteiger partial charge in [-0.05, 0) is 83.8 Å². The minimum Gasteiger partial charge on any atom is -0.489 e. The molecule has 0 unspecified atom stereocenters. The third-order valence-corrected chi connectivity index (χ3v) is 9.91. The van der Waals surface area contributed by atoms with Gasteiger partial charge in [0.05, 0.1) is 24.5 Å². The number of anilines is 1. The summed E-state index contributed by atoms with van der Waals surface area (Å²) < 4.78 is 11.6. The summed E-state index contributed by atoms with van der Waals surface area (Å²) in [7, 11) is 0. The Balaban J connectivity index is 1.23. The molecular formula is C49H53N3O7. The van der Waals surface area contributed by atoms with Crippen LogP contribution in [0.4, 0.5) is 5.69 Å². The first-order valence-electron chi connectivity index (χ1n) is 19.9. The number of esters is 1. The van der Waals surface area contributed by atoms with Gasteiger partial charge in [0.25, 0.3) is 5.91 Å². The summed E-state index contributed by atoms with van der Waals surface area (Å²) in [6, 6.07) is 38.1. The predicted molar refractivity (Wildman–Crippen MR) is 231 cm³/mol. The summed E-state index contributed by atoms with van der Waals surface area (Å²) in [6.45, 7) is 7.24. The van der Waals surface area contributed by atoms with Crippen LogP contribution in [0.1, 0.15) is 42.4 Å². The Morgan fingerprint density at radius 1 is 0.678 bits per heavy atom. The molecule has 0 aliphatic rings. The number of rotatable bonds is 23. The molecule has 59 heavy (non-hydrogen) atoms. The molecule has 306 valence electrons. The first kappa shape index (κ1) is 43.6. The Morgan fingerprint density at radius 3 is 2.02 bits per heavy atom. The van der Waals surface area contributed by atoms with Crippen molar-refractivity contribution in [1.29, 1.82) is 0 Å². The van der Waals surface area contributed by atoms with E-state index >= 15 is 0 Å². The number of aliphatic hydroxyl groups excluding tert-OH is 1. The van der Waals surface area contributed by atoms with Crippen molar-refractivity contribution in [3.8, 4) is 5.75 Å². The van der Waals surface area contributed by atoms with Gasteiger partial charge in [-0.15, -0.1) is 13.2 Å². The van der Waals surface area contributed by atoms with Gasteiger partial charge < -0.3 is 30.5 Å². The molecule has 0 aromatic heterocycles. The minimum absolute atomic E-state index is 0.132. The molecule has 0 aliphatic heterocycles. The van der Waals surface area contributed by atoms with Gasteiger partial charge >= 0.3 is 5.97 Å². The third-order valence-electron chi connectivity index (χ3n) is 9.91. The van der Waals surface area contributed by atoms with E-state index in [-0.39, 0.29) is 19.4 Å². The predicted octanol–water partition coefficient (Wildman–Crippen LogP) is 7.51. The lowest BCUT2D eigenvalue weighted by Gasteiger charge is -2.24. The second-order valence-corrected chi connectivity index (χ2v) is 14.5. The van der Waals surface area contributed by atoms with E-state index in [9.17, 15) is 24.3 Å². The first-order valence-corrected chi connectivity index (χ1v) is 19.9. The fourth-order valence-corrected chi connectivity index (χ4v) is 6.68. The number of allylic oxidation sites excluding steroid dienone is 2. The van der Waals surface area contributed by atoms with Crippen LogP contribution >= 0.6 is 0 Å². The number of carbonyl (C=O) groups excluding carboxylic acids is 4. The second kappa shape index (κ2) is 23.0. The Kier molecular flexibility index (Phi) is 17.0. The van der Waals surface area contributed by atoms with Gasteiger partial charge in [-0.2, -0.15) is 0 Å². The molecule has 3 amide bonds. The normalized spacial score (nSPS) is 12.9. The molecule has 0 fully saturated rings. The summed E-state index contributed by atoms with van der Waals surface area (Å²) in [4.78, 5) is 54.6. The molecule has 0 heterocycles. The number of aliphatic hydroxyl groups is 1. The average molecular weight is 796 g/mol. The van der Waals surface area contributed by atoms with E-state index in [0.717, 1.165) is 27.5 Å². The molecule has 5 aromatic rings. The van der Waals surface area contributed by atoms with Gasteiger partial charge in [-0.1, -0.05) is 115 Å². The minimum atomic E-state index is -1.28. The van der Waals surface area contributed by atoms with Crippen molar-refractivity contribution in [2.45, 2.75) is 57.2 Å². The standard InChI is InChI=1S/C49H53N3O7/c1-3-5-19-41(28-35-15-8-6-9-16-35)49(57)59-34-45(48(56)51-42-25-24-38-20-12-13-21-39(38)30-42)52-47(55)40(14-4-2)31-46(54)50-43(32-53)29-36-22-26-44(27-23-36)58-33-37-17-10-7-11-18-37/h3-4,6-13,15-18,20-27,30,40-41,43,45,53H,1-2,5,14,19,28-29,31-34H2,(H,50,54)(H,51,56)(H,52,55)/t40-,41-,43+,45+/m1/s1. The topological polar surface area (TPSA) is 143 Å². The van der Waals surface area contributed by atoms with E-state index in [4.69, 9.17) is 9.47 Å². The molecule has 0 saturated heterocycles. The van der Waals surface area contributed by atoms with Gasteiger partial charge in [-0.25, -0.2) is 0 Å². The molecule has 10 nitrogen and oxygen atoms in total. The van der Waals surface area contributed by atoms with Gasteiger partial charge in [0, 0.05) is 12.1 Å². The lowest BCUT2D eigenvalue weighted by atomic mass is 9.95. The lowest BCUT2D eigenvalue weighted by molar-refractivity contribution is -0.150. The molecule has 0 bridgehead atoms. The molecule has 0 aliphatic carbocycles. The molecule has 5 aromatic carbocycles. The van der Waals surface area contributed by atoms with Gasteiger partial charge in [-0.3, -0.25) is 19.2 Å². The summed E-state index contributed by atoms with van der Waals surface area (Å²) in [5, 5.41) is 20.5. The van der Waals surface area contributed by atoms with Crippen LogP contribution < -0.4 is 20.7 Å². The highest BCUT2D eigenvalue weighted by Gasteiger charge is 2.30. The van der Waals surface area contributed by atoms with Crippen LogP contribution in [-0.2, 0) is 43.4 Å². The van der Waals surface area contributed by atoms with Crippen LogP contribution in [0, 0.1) is 11.8 Å². The van der Waals surface area contributed by atoms with E-state index in [1.807, 2.05) is 121 Å². The van der Waals surface area contributed by atoms with Crippen molar-refractivity contribution in [2.24, 2.45) is 11.8 Å². The highest BCUT2D eigenvalue weighted by Crippen LogP contribution is 2.21. The first-order chi connectivity index (χ1) is 28.7. The molecule has 4 N–H and O–H groups in total. The summed E-state index contributed by atoms with van der Waals surface area (Å²) in [5.74, 6) is -2.85. The van der Waals surface area contributed by atoms with Crippen LogP contribution in [0.25, 0.3) is 10.8 Å². The lowest BCUT2D eigenvalue weighted by Crippen LogP contribution is -2.50. The fraction of sp³-hybridized carbons (Fsp3) is 0.265. The zero-order chi connectivity index (χ0) is 41.8. The number of hydrogen-bond acceptors (Lipinski definition) is 7. The van der Waals surface area contributed by atoms with E-state index < -0.39 is 54.2 Å². The molecule has 5 rings (SSSR count). The summed E-state index contributed by atoms with van der Waals surface area (Å²) >= 11 is 0. The summed E-state index contributed by atoms with van der Waals surface area (Å²) in [6.07, 6.45) is 5.04. The maximum Gasteiger partial charge on any atom is 0.309 e. The molecule has 0 saturated carbocycles. The molecule has 10 heteroatoms. The van der Waals surface area contributed by atoms with Crippen molar-refractivity contribution < 1.29 is 33.8 Å². The van der Waals surface area contributed by atoms with Crippen molar-refractivity contribution in [3.63, 3.8) is 0 Å². The van der Waals surface area contributed by atoms with Crippen LogP contribution in [0.15, 0.2) is 153 Å². The highest BCUT2D eigenvalue weighted by molar-refractivity contribution is 5.99. The van der Waals surface area contributed by atoms with Crippen molar-refractivity contribution in [2.75, 3.05) is 18.5 Å². The number of nitrogens with one attached hydrogen (secondary N) is 3. The highest BCUT2D eigenvalue weighted by atomic mass is 16.5. The Bertz CT molecular complexity index is 2140. The van der Waals surface area contributed by atoms with Crippen molar-refractivity contribution in [1.82, 2.24) is 10.6 Å². The van der Waals surface area contributed by atoms with Crippen LogP contribution in [0.5, 0.6) is 5.75 Å². The maximum absolute atomic E-state index is 13.9. The van der Waals surface area contributed by atoms with Gasteiger partial charge in [0.15, 0.2) is 0 Å². The zero-order valence-corrected chi connectivity index (χ0v) is 33.3. The van der Waals surface area contributed by atoms with E-state index in [2.05, 4.69) is 29.1 Å². The maximum atomic E-state index is 13.9. The Labute approximate surface area is 346 Å². The van der Waals surface area contributed by atoms with Crippen molar-refractivity contribution in [3.05, 3.63) is 169 Å². The number of hydrogen-bond donors (Lipinski definition) is 4. The Hall–Kier alpha value is -6.52. The average Bonchev–Trinajstić information content (AvgIpc) is 3.26. The smallest absolute Gasteiger partial charge is 0.309 e. The van der Waals surface area contributed by atoms with Gasteiger partial charge in [0.1, 0.15) is 25.0 Å². The third kappa shape index (κ3) is 14.1. The molecule has 0 spiro atoms. The van der Waals surface area contributed by atoms with Crippen LogP contribution in [0.2, 0.25) is 0 Å². The quantitative estimate of drug-likeness (QED) is 0.0396. The largest absolute Gasteiger partial charge is 0.489 e. The zero-order valence-electron chi connectivity index (χ0n) is 33.3. The van der Waals surface area contributed by atoms with E-state index in [1.54, 1.807) is 12.1 Å². The van der Waals surface area contributed by atoms with E-state index in [0.29, 0.717) is 43.7 Å². The molecular weight excluding hydrogens is 743 g/mol. The van der Waals surface area contributed by atoms with Crippen molar-refractivity contribution >= 4 is 40.2 Å². The SMILES string of the molecule is C=CCC[C@H](Cc1ccccc1)C(=O)OC[C@H](NC(=O)[C@H](CC=C)CC(=O)N[C@H](CO)Cc1ccc(OCc2ccccc2)cc1)C(=O)Nc1ccc2ccccc2c1. The fourth-order valence-electron chi connectivity index (χ4n) is 6.68. The number of carbonyl (C=O) groups is 4. The Morgan fingerprint density at radius 2 is 1.34 bits per heavy atom. The number of ether oxygens (including phenoxy) is 2. The van der Waals surface area contributed by atoms with Gasteiger partial charge in [0.2, 0.25) is 11.8 Å². The monoisotopic (exact) mass is 795 g/mol. The second-order valence-electron chi connectivity index (χ2n) is 14.5. The number of amides is 3. The summed E-state index contributed by atoms with van der Waals surface area (Å²) in [5.41, 5.74) is 3.39. The number of benzene rings is 5. The number of fused-ring (bicyclic) bond motifs is 1.